The van der Waals surface area contributed by atoms with Crippen molar-refractivity contribution in [3.63, 3.8) is 0 Å². The summed E-state index contributed by atoms with van der Waals surface area (Å²) >= 11 is 0. The van der Waals surface area contributed by atoms with Crippen LogP contribution in [0.4, 0.5) is 0 Å². The maximum Gasteiger partial charge on any atom is 0.117 e. The highest BCUT2D eigenvalue weighted by atomic mass is 14.2. The summed E-state index contributed by atoms with van der Waals surface area (Å²) in [7, 11) is 5.69. The molecule has 3 saturated carbocycles. The summed E-state index contributed by atoms with van der Waals surface area (Å²) in [6, 6.07) is 0. The van der Waals surface area contributed by atoms with E-state index < -0.39 is 0 Å². The zero-order chi connectivity index (χ0) is 18.6. The molecule has 0 aromatic heterocycles. The highest BCUT2D eigenvalue weighted by molar-refractivity contribution is 6.40. The molecule has 0 unspecified atom stereocenters. The molecule has 152 valence electrons. The van der Waals surface area contributed by atoms with E-state index in [-0.39, 0.29) is 0 Å². The first-order valence-corrected chi connectivity index (χ1v) is 13.1. The van der Waals surface area contributed by atoms with E-state index in [4.69, 9.17) is 0 Å². The summed E-state index contributed by atoms with van der Waals surface area (Å²) in [5.41, 5.74) is 0. The zero-order valence-corrected chi connectivity index (χ0v) is 18.3. The van der Waals surface area contributed by atoms with Crippen LogP contribution in [0.2, 0.25) is 23.3 Å². The lowest BCUT2D eigenvalue weighted by molar-refractivity contribution is 0.473. The molecule has 0 bridgehead atoms. The Labute approximate surface area is 172 Å². The van der Waals surface area contributed by atoms with E-state index in [1.165, 1.54) is 135 Å². The molecule has 0 nitrogen and oxygen atoms in total. The van der Waals surface area contributed by atoms with E-state index in [2.05, 4.69) is 14.6 Å². The molecule has 0 aromatic rings. The zero-order valence-electron chi connectivity index (χ0n) is 18.3. The summed E-state index contributed by atoms with van der Waals surface area (Å²) in [5, 5.41) is 0. The van der Waals surface area contributed by atoms with Gasteiger partial charge >= 0.3 is 0 Å². The molecule has 0 N–H and O–H groups in total. The van der Waals surface area contributed by atoms with Crippen molar-refractivity contribution < 1.29 is 0 Å². The van der Waals surface area contributed by atoms with E-state index in [0.29, 0.717) is 0 Å². The second kappa shape index (κ2) is 13.4. The van der Waals surface area contributed by atoms with Crippen LogP contribution in [0.15, 0.2) is 0 Å². The van der Waals surface area contributed by atoms with Crippen LogP contribution < -0.4 is 0 Å². The molecule has 0 saturated heterocycles. The minimum Gasteiger partial charge on any atom is -0.0686 e. The molecule has 0 heterocycles. The van der Waals surface area contributed by atoms with Crippen LogP contribution in [0.5, 0.6) is 0 Å². The molecule has 0 atom stereocenters. The first-order chi connectivity index (χ1) is 13.4. The highest BCUT2D eigenvalue weighted by Gasteiger charge is 2.24. The SMILES string of the molecule is [B](C1CCCCCCCC1)C1CCCC([B]C2CCCCCCC2)CCC1. The van der Waals surface area contributed by atoms with E-state index in [0.717, 1.165) is 23.3 Å². The third-order valence-corrected chi connectivity index (χ3v) is 7.94. The fourth-order valence-electron chi connectivity index (χ4n) is 6.26. The van der Waals surface area contributed by atoms with Crippen molar-refractivity contribution in [1.29, 1.82) is 0 Å². The van der Waals surface area contributed by atoms with Gasteiger partial charge in [0.1, 0.15) is 14.6 Å². The van der Waals surface area contributed by atoms with E-state index in [1.807, 2.05) is 0 Å². The lowest BCUT2D eigenvalue weighted by Gasteiger charge is -2.29. The molecule has 3 aliphatic carbocycles. The fraction of sp³-hybridized carbons (Fsp3) is 1.00. The smallest absolute Gasteiger partial charge is 0.0686 e. The monoisotopic (exact) mass is 368 g/mol. The highest BCUT2D eigenvalue weighted by Crippen LogP contribution is 2.38. The van der Waals surface area contributed by atoms with Crippen molar-refractivity contribution in [2.75, 3.05) is 0 Å². The number of hydrogen-bond acceptors (Lipinski definition) is 0. The van der Waals surface area contributed by atoms with Crippen molar-refractivity contribution in [1.82, 2.24) is 0 Å². The molecule has 2 radical (unpaired) electrons. The third-order valence-electron chi connectivity index (χ3n) is 7.94. The standard InChI is InChI=1S/C25H46B2/c1-2-5-9-15-22(14-8-4-1)26-24-18-12-20-25(21-13-19-24)27-23-16-10-6-3-7-11-17-23/h22-25H,1-21H2. The van der Waals surface area contributed by atoms with E-state index in [1.54, 1.807) is 0 Å². The molecule has 0 aliphatic heterocycles. The summed E-state index contributed by atoms with van der Waals surface area (Å²) in [5.74, 6) is 3.79. The molecule has 0 aromatic carbocycles. The Morgan fingerprint density at radius 3 is 0.778 bits per heavy atom. The van der Waals surface area contributed by atoms with Gasteiger partial charge in [0.2, 0.25) is 0 Å². The van der Waals surface area contributed by atoms with Gasteiger partial charge in [-0.25, -0.2) is 0 Å². The van der Waals surface area contributed by atoms with Gasteiger partial charge in [-0.05, 0) is 0 Å². The van der Waals surface area contributed by atoms with Crippen molar-refractivity contribution in [3.8, 4) is 0 Å². The molecule has 3 rings (SSSR count). The Balaban J connectivity index is 1.36. The lowest BCUT2D eigenvalue weighted by atomic mass is 9.47. The van der Waals surface area contributed by atoms with Crippen molar-refractivity contribution in [3.05, 3.63) is 0 Å². The maximum absolute atomic E-state index is 2.85. The van der Waals surface area contributed by atoms with Crippen LogP contribution in [0.3, 0.4) is 0 Å². The van der Waals surface area contributed by atoms with Crippen molar-refractivity contribution in [2.45, 2.75) is 158 Å². The predicted molar refractivity (Wildman–Crippen MR) is 123 cm³/mol. The van der Waals surface area contributed by atoms with Crippen LogP contribution in [0, 0.1) is 0 Å². The minimum absolute atomic E-state index is 0.943. The van der Waals surface area contributed by atoms with Gasteiger partial charge in [-0.2, -0.15) is 0 Å². The normalized spacial score (nSPS) is 31.3. The lowest BCUT2D eigenvalue weighted by Crippen LogP contribution is -2.17. The van der Waals surface area contributed by atoms with Crippen molar-refractivity contribution in [2.24, 2.45) is 0 Å². The van der Waals surface area contributed by atoms with Gasteiger partial charge in [0.15, 0.2) is 0 Å². The molecule has 0 amide bonds. The van der Waals surface area contributed by atoms with E-state index in [9.17, 15) is 0 Å². The second-order valence-corrected chi connectivity index (χ2v) is 10.3. The molecule has 2 heteroatoms. The summed E-state index contributed by atoms with van der Waals surface area (Å²) in [6.45, 7) is 0. The van der Waals surface area contributed by atoms with Crippen LogP contribution in [-0.2, 0) is 0 Å². The molecule has 0 spiro atoms. The molecular weight excluding hydrogens is 322 g/mol. The van der Waals surface area contributed by atoms with Crippen molar-refractivity contribution >= 4 is 14.6 Å². The molecule has 27 heavy (non-hydrogen) atoms. The summed E-state index contributed by atoms with van der Waals surface area (Å²) in [4.78, 5) is 0. The topological polar surface area (TPSA) is 0 Å². The molecular formula is C25H46B2. The molecule has 3 aliphatic rings. The van der Waals surface area contributed by atoms with Gasteiger partial charge in [0.25, 0.3) is 0 Å². The first-order valence-electron chi connectivity index (χ1n) is 13.1. The van der Waals surface area contributed by atoms with Crippen LogP contribution in [0.1, 0.15) is 135 Å². The Morgan fingerprint density at radius 1 is 0.259 bits per heavy atom. The fourth-order valence-corrected chi connectivity index (χ4v) is 6.26. The first kappa shape index (κ1) is 21.8. The maximum atomic E-state index is 2.85. The average molecular weight is 368 g/mol. The van der Waals surface area contributed by atoms with E-state index >= 15 is 0 Å². The third kappa shape index (κ3) is 8.99. The van der Waals surface area contributed by atoms with Crippen LogP contribution >= 0.6 is 0 Å². The van der Waals surface area contributed by atoms with Gasteiger partial charge in [0.05, 0.1) is 0 Å². The Bertz CT molecular complexity index is 341. The van der Waals surface area contributed by atoms with Gasteiger partial charge < -0.3 is 0 Å². The number of rotatable bonds is 4. The van der Waals surface area contributed by atoms with Crippen LogP contribution in [-0.4, -0.2) is 14.6 Å². The number of hydrogen-bond donors (Lipinski definition) is 0. The quantitative estimate of drug-likeness (QED) is 0.435. The Hall–Kier alpha value is 0.130. The van der Waals surface area contributed by atoms with Crippen LogP contribution in [0.25, 0.3) is 0 Å². The largest absolute Gasteiger partial charge is 0.117 e. The van der Waals surface area contributed by atoms with Gasteiger partial charge in [0, 0.05) is 0 Å². The Morgan fingerprint density at radius 2 is 0.481 bits per heavy atom. The van der Waals surface area contributed by atoms with Gasteiger partial charge in [-0.3, -0.25) is 0 Å². The molecule has 3 fully saturated rings. The summed E-state index contributed by atoms with van der Waals surface area (Å²) < 4.78 is 0. The Kier molecular flexibility index (Phi) is 10.8. The average Bonchev–Trinajstić information content (AvgIpc) is 2.75. The van der Waals surface area contributed by atoms with Gasteiger partial charge in [-0.15, -0.1) is 0 Å². The minimum atomic E-state index is 0.943. The predicted octanol–water partition coefficient (Wildman–Crippen LogP) is 8.78. The van der Waals surface area contributed by atoms with Gasteiger partial charge in [-0.1, -0.05) is 158 Å². The summed E-state index contributed by atoms with van der Waals surface area (Å²) in [6.07, 6.45) is 31.4. The second-order valence-electron chi connectivity index (χ2n) is 10.3.